The van der Waals surface area contributed by atoms with E-state index in [-0.39, 0.29) is 6.10 Å². The maximum atomic E-state index is 5.99. The van der Waals surface area contributed by atoms with Crippen molar-refractivity contribution in [1.82, 2.24) is 9.97 Å². The zero-order valence-corrected chi connectivity index (χ0v) is 13.7. The van der Waals surface area contributed by atoms with Gasteiger partial charge in [-0.15, -0.1) is 22.7 Å². The van der Waals surface area contributed by atoms with Crippen molar-refractivity contribution in [2.24, 2.45) is 0 Å². The number of hydrogen-bond acceptors (Lipinski definition) is 5. The summed E-state index contributed by atoms with van der Waals surface area (Å²) in [6, 6.07) is 8.24. The van der Waals surface area contributed by atoms with E-state index in [4.69, 9.17) is 9.72 Å². The van der Waals surface area contributed by atoms with Crippen LogP contribution in [0.15, 0.2) is 54.1 Å². The smallest absolute Gasteiger partial charge is 0.233 e. The number of nitrogens with zero attached hydrogens (tertiary/aromatic N) is 2. The lowest BCUT2D eigenvalue weighted by molar-refractivity contribution is 0.273. The topological polar surface area (TPSA) is 35.0 Å². The molecular weight excluding hydrogens is 324 g/mol. The molecule has 0 radical (unpaired) electrons. The van der Waals surface area contributed by atoms with Crippen LogP contribution in [0.5, 0.6) is 5.88 Å². The van der Waals surface area contributed by atoms with Gasteiger partial charge in [-0.25, -0.2) is 9.97 Å². The fraction of sp³-hybridized carbons (Fsp3) is 0.111. The predicted octanol–water partition coefficient (Wildman–Crippen LogP) is 4.61. The van der Waals surface area contributed by atoms with Gasteiger partial charge in [-0.1, -0.05) is 30.4 Å². The Bertz CT molecular complexity index is 961. The van der Waals surface area contributed by atoms with Crippen molar-refractivity contribution in [2.75, 3.05) is 0 Å². The summed E-state index contributed by atoms with van der Waals surface area (Å²) in [4.78, 5) is 10.5. The first kappa shape index (κ1) is 13.2. The van der Waals surface area contributed by atoms with Crippen LogP contribution in [0.3, 0.4) is 0 Å². The van der Waals surface area contributed by atoms with Crippen LogP contribution in [0.2, 0.25) is 0 Å². The van der Waals surface area contributed by atoms with Gasteiger partial charge in [0.05, 0.1) is 21.5 Å². The molecule has 5 heteroatoms. The molecule has 23 heavy (non-hydrogen) atoms. The van der Waals surface area contributed by atoms with E-state index < -0.39 is 0 Å². The second-order valence-electron chi connectivity index (χ2n) is 5.46. The summed E-state index contributed by atoms with van der Waals surface area (Å²) < 4.78 is 7.21. The second kappa shape index (κ2) is 5.15. The third-order valence-corrected chi connectivity index (χ3v) is 5.88. The minimum absolute atomic E-state index is 0.00454. The molecule has 0 N–H and O–H groups in total. The van der Waals surface area contributed by atoms with Crippen molar-refractivity contribution in [3.05, 3.63) is 69.0 Å². The highest BCUT2D eigenvalue weighted by Gasteiger charge is 2.24. The van der Waals surface area contributed by atoms with Gasteiger partial charge in [0.2, 0.25) is 5.88 Å². The summed E-state index contributed by atoms with van der Waals surface area (Å²) >= 11 is 3.43. The highest BCUT2D eigenvalue weighted by Crippen LogP contribution is 2.36. The molecule has 3 aromatic rings. The quantitative estimate of drug-likeness (QED) is 0.685. The maximum absolute atomic E-state index is 5.99. The fourth-order valence-corrected chi connectivity index (χ4v) is 4.82. The van der Waals surface area contributed by atoms with E-state index in [1.54, 1.807) is 22.7 Å². The molecule has 2 aliphatic rings. The first-order chi connectivity index (χ1) is 11.3. The Morgan fingerprint density at radius 2 is 1.96 bits per heavy atom. The van der Waals surface area contributed by atoms with Gasteiger partial charge in [0, 0.05) is 0 Å². The van der Waals surface area contributed by atoms with Crippen molar-refractivity contribution >= 4 is 39.0 Å². The molecule has 3 heterocycles. The van der Waals surface area contributed by atoms with Crippen molar-refractivity contribution in [3.8, 4) is 5.88 Å². The molecule has 0 amide bonds. The highest BCUT2D eigenvalue weighted by molar-refractivity contribution is 7.18. The average Bonchev–Trinajstić information content (AvgIpc) is 3.14. The number of aromatic nitrogens is 2. The standard InChI is InChI=1S/C18H12N2OS2/c1-3-7-13-11(5-1)9-15-18(21-13)20-17(23-15)10-16-19-12-6-2-4-8-14(12)22-16/h1-9,13H,10H2. The zero-order valence-electron chi connectivity index (χ0n) is 12.1. The molecule has 1 aliphatic heterocycles. The van der Waals surface area contributed by atoms with E-state index in [0.717, 1.165) is 32.7 Å². The minimum Gasteiger partial charge on any atom is -0.464 e. The van der Waals surface area contributed by atoms with Gasteiger partial charge in [-0.05, 0) is 29.9 Å². The number of allylic oxidation sites excluding steroid dienone is 2. The largest absolute Gasteiger partial charge is 0.464 e. The second-order valence-corrected chi connectivity index (χ2v) is 7.69. The van der Waals surface area contributed by atoms with Gasteiger partial charge >= 0.3 is 0 Å². The first-order valence-corrected chi connectivity index (χ1v) is 9.06. The van der Waals surface area contributed by atoms with Gasteiger partial charge in [-0.3, -0.25) is 0 Å². The molecule has 1 unspecified atom stereocenters. The Kier molecular flexibility index (Phi) is 2.96. The van der Waals surface area contributed by atoms with Crippen LogP contribution in [0.1, 0.15) is 14.9 Å². The molecule has 0 bridgehead atoms. The van der Waals surface area contributed by atoms with E-state index >= 15 is 0 Å². The average molecular weight is 336 g/mol. The van der Waals surface area contributed by atoms with E-state index in [0.29, 0.717) is 0 Å². The Hall–Kier alpha value is -2.24. The van der Waals surface area contributed by atoms with E-state index in [9.17, 15) is 0 Å². The lowest BCUT2D eigenvalue weighted by Gasteiger charge is -2.21. The van der Waals surface area contributed by atoms with Gasteiger partial charge in [0.1, 0.15) is 16.1 Å². The van der Waals surface area contributed by atoms with Crippen LogP contribution in [0.4, 0.5) is 0 Å². The SMILES string of the molecule is C1=CC2=Cc3sc(Cc4nc5ccccc5s4)nc3OC2C=C1. The fourth-order valence-electron chi connectivity index (χ4n) is 2.78. The summed E-state index contributed by atoms with van der Waals surface area (Å²) in [7, 11) is 0. The highest BCUT2D eigenvalue weighted by atomic mass is 32.1. The Balaban J connectivity index is 1.47. The monoisotopic (exact) mass is 336 g/mol. The number of benzene rings is 1. The van der Waals surface area contributed by atoms with Gasteiger partial charge in [0.25, 0.3) is 0 Å². The van der Waals surface area contributed by atoms with Crippen molar-refractivity contribution in [3.63, 3.8) is 0 Å². The third kappa shape index (κ3) is 2.33. The molecule has 0 spiro atoms. The van der Waals surface area contributed by atoms with Crippen LogP contribution in [-0.2, 0) is 6.42 Å². The lowest BCUT2D eigenvalue weighted by Crippen LogP contribution is -2.20. The van der Waals surface area contributed by atoms with Crippen LogP contribution >= 0.6 is 22.7 Å². The van der Waals surface area contributed by atoms with Gasteiger partial charge in [-0.2, -0.15) is 0 Å². The van der Waals surface area contributed by atoms with E-state index in [1.807, 2.05) is 18.2 Å². The number of thiazole rings is 2. The number of rotatable bonds is 2. The summed E-state index contributed by atoms with van der Waals surface area (Å²) in [6.45, 7) is 0. The molecule has 5 rings (SSSR count). The maximum Gasteiger partial charge on any atom is 0.233 e. The third-order valence-electron chi connectivity index (χ3n) is 3.86. The number of para-hydroxylation sites is 1. The molecule has 0 saturated carbocycles. The van der Waals surface area contributed by atoms with E-state index in [2.05, 4.69) is 41.4 Å². The lowest BCUT2D eigenvalue weighted by atomic mass is 10.0. The molecule has 112 valence electrons. The Labute approximate surface area is 141 Å². The molecule has 3 nitrogen and oxygen atoms in total. The molecule has 1 atom stereocenters. The number of fused-ring (bicyclic) bond motifs is 3. The minimum atomic E-state index is 0.00454. The molecule has 2 aromatic heterocycles. The Morgan fingerprint density at radius 3 is 2.91 bits per heavy atom. The van der Waals surface area contributed by atoms with Gasteiger partial charge < -0.3 is 4.74 Å². The van der Waals surface area contributed by atoms with Crippen LogP contribution < -0.4 is 4.74 Å². The number of ether oxygens (including phenoxy) is 1. The van der Waals surface area contributed by atoms with Crippen molar-refractivity contribution < 1.29 is 4.74 Å². The number of hydrogen-bond donors (Lipinski definition) is 0. The normalized spacial score (nSPS) is 18.4. The summed E-state index contributed by atoms with van der Waals surface area (Å²) in [5, 5.41) is 2.15. The summed E-state index contributed by atoms with van der Waals surface area (Å²) in [5.74, 6) is 0.750. The summed E-state index contributed by atoms with van der Waals surface area (Å²) in [5.41, 5.74) is 2.25. The van der Waals surface area contributed by atoms with E-state index in [1.165, 1.54) is 10.3 Å². The molecule has 1 aliphatic carbocycles. The first-order valence-electron chi connectivity index (χ1n) is 7.42. The predicted molar refractivity (Wildman–Crippen MR) is 95.2 cm³/mol. The van der Waals surface area contributed by atoms with Crippen LogP contribution in [-0.4, -0.2) is 16.1 Å². The van der Waals surface area contributed by atoms with Crippen molar-refractivity contribution in [2.45, 2.75) is 12.5 Å². The Morgan fingerprint density at radius 1 is 1.04 bits per heavy atom. The molecule has 0 saturated heterocycles. The van der Waals surface area contributed by atoms with Crippen LogP contribution in [0.25, 0.3) is 16.3 Å². The molecule has 1 aromatic carbocycles. The van der Waals surface area contributed by atoms with Crippen molar-refractivity contribution in [1.29, 1.82) is 0 Å². The summed E-state index contributed by atoms with van der Waals surface area (Å²) in [6.07, 6.45) is 11.2. The van der Waals surface area contributed by atoms with Crippen LogP contribution in [0, 0.1) is 0 Å². The van der Waals surface area contributed by atoms with Gasteiger partial charge in [0.15, 0.2) is 0 Å². The zero-order chi connectivity index (χ0) is 15.2. The molecular formula is C18H12N2OS2. The molecule has 0 fully saturated rings.